The van der Waals surface area contributed by atoms with Crippen LogP contribution in [0.1, 0.15) is 34.8 Å². The van der Waals surface area contributed by atoms with Gasteiger partial charge in [-0.15, -0.1) is 10.2 Å². The molecule has 0 atom stereocenters. The highest BCUT2D eigenvalue weighted by atomic mass is 35.5. The zero-order valence-corrected chi connectivity index (χ0v) is 16.5. The van der Waals surface area contributed by atoms with Gasteiger partial charge in [-0.3, -0.25) is 14.4 Å². The van der Waals surface area contributed by atoms with E-state index in [1.807, 2.05) is 16.7 Å². The van der Waals surface area contributed by atoms with Gasteiger partial charge in [0.1, 0.15) is 5.82 Å². The highest BCUT2D eigenvalue weighted by Crippen LogP contribution is 2.35. The first-order valence-corrected chi connectivity index (χ1v) is 9.61. The summed E-state index contributed by atoms with van der Waals surface area (Å²) in [7, 11) is 0. The molecule has 1 aromatic carbocycles. The van der Waals surface area contributed by atoms with Crippen molar-refractivity contribution in [2.24, 2.45) is 11.1 Å². The van der Waals surface area contributed by atoms with E-state index in [9.17, 15) is 9.59 Å². The molecular formula is C19H22ClN5O4. The van der Waals surface area contributed by atoms with Crippen LogP contribution in [-0.4, -0.2) is 56.1 Å². The number of hydrogen-bond acceptors (Lipinski definition) is 5. The van der Waals surface area contributed by atoms with Gasteiger partial charge in [0.25, 0.3) is 12.4 Å². The van der Waals surface area contributed by atoms with Crippen LogP contribution in [0.5, 0.6) is 0 Å². The van der Waals surface area contributed by atoms with Crippen LogP contribution >= 0.6 is 11.6 Å². The van der Waals surface area contributed by atoms with Gasteiger partial charge in [0, 0.05) is 31.1 Å². The second-order valence-corrected chi connectivity index (χ2v) is 7.70. The number of halogens is 1. The second kappa shape index (κ2) is 8.60. The van der Waals surface area contributed by atoms with Crippen molar-refractivity contribution < 1.29 is 19.5 Å². The molecule has 2 aliphatic heterocycles. The van der Waals surface area contributed by atoms with Gasteiger partial charge in [-0.25, -0.2) is 0 Å². The number of nitrogens with zero attached hydrogens (tertiary/aromatic N) is 4. The summed E-state index contributed by atoms with van der Waals surface area (Å²) in [4.78, 5) is 34.9. The van der Waals surface area contributed by atoms with Crippen molar-refractivity contribution in [2.45, 2.75) is 32.2 Å². The van der Waals surface area contributed by atoms with Crippen molar-refractivity contribution in [2.75, 3.05) is 13.1 Å². The van der Waals surface area contributed by atoms with Gasteiger partial charge in [0.2, 0.25) is 11.7 Å². The minimum absolute atomic E-state index is 0.182. The Kier molecular flexibility index (Phi) is 6.17. The summed E-state index contributed by atoms with van der Waals surface area (Å²) in [6.07, 6.45) is 3.43. The first kappa shape index (κ1) is 20.8. The van der Waals surface area contributed by atoms with Gasteiger partial charge in [-0.05, 0) is 37.0 Å². The number of carbonyl (C=O) groups excluding carboxylic acids is 2. The first-order valence-electron chi connectivity index (χ1n) is 9.24. The Bertz CT molecular complexity index is 906. The summed E-state index contributed by atoms with van der Waals surface area (Å²) in [5, 5.41) is 15.7. The minimum Gasteiger partial charge on any atom is -0.483 e. The fourth-order valence-electron chi connectivity index (χ4n) is 3.78. The number of nitrogens with two attached hydrogens (primary N) is 1. The highest BCUT2D eigenvalue weighted by molar-refractivity contribution is 6.30. The first-order chi connectivity index (χ1) is 13.9. The van der Waals surface area contributed by atoms with Crippen LogP contribution < -0.4 is 5.73 Å². The van der Waals surface area contributed by atoms with E-state index in [0.717, 1.165) is 37.2 Å². The molecule has 29 heavy (non-hydrogen) atoms. The normalized spacial score (nSPS) is 16.7. The third-order valence-corrected chi connectivity index (χ3v) is 5.56. The summed E-state index contributed by atoms with van der Waals surface area (Å²) in [6, 6.07) is 7.34. The lowest BCUT2D eigenvalue weighted by Crippen LogP contribution is -2.65. The number of primary amides is 1. The molecule has 10 heteroatoms. The molecule has 0 radical (unpaired) electrons. The molecule has 3 heterocycles. The molecule has 0 aliphatic carbocycles. The van der Waals surface area contributed by atoms with E-state index in [-0.39, 0.29) is 18.3 Å². The predicted octanol–water partition coefficient (Wildman–Crippen LogP) is 1.14. The molecule has 1 saturated heterocycles. The number of aryl methyl sites for hydroxylation is 1. The van der Waals surface area contributed by atoms with Crippen molar-refractivity contribution in [3.63, 3.8) is 0 Å². The number of hydrogen-bond donors (Lipinski definition) is 2. The van der Waals surface area contributed by atoms with E-state index >= 15 is 0 Å². The van der Waals surface area contributed by atoms with Gasteiger partial charge < -0.3 is 20.3 Å². The highest BCUT2D eigenvalue weighted by Gasteiger charge is 2.50. The topological polar surface area (TPSA) is 131 Å². The largest absolute Gasteiger partial charge is 0.483 e. The van der Waals surface area contributed by atoms with Crippen molar-refractivity contribution in [1.29, 1.82) is 0 Å². The molecule has 4 rings (SSSR count). The van der Waals surface area contributed by atoms with Crippen LogP contribution in [-0.2, 0) is 29.0 Å². The summed E-state index contributed by atoms with van der Waals surface area (Å²) in [5.74, 6) is 0.658. The van der Waals surface area contributed by atoms with Crippen LogP contribution in [0.2, 0.25) is 5.02 Å². The van der Waals surface area contributed by atoms with E-state index in [1.165, 1.54) is 0 Å². The molecule has 2 aliphatic rings. The van der Waals surface area contributed by atoms with Crippen LogP contribution in [0.3, 0.4) is 0 Å². The zero-order chi connectivity index (χ0) is 21.0. The molecule has 154 valence electrons. The molecule has 0 spiro atoms. The molecule has 0 saturated carbocycles. The van der Waals surface area contributed by atoms with Crippen molar-refractivity contribution >= 4 is 29.9 Å². The SMILES string of the molecule is NC(=O)C1(Cc2ccc(Cl)cc2)CN(C(=O)c2nnc3n2CCCC3)C1.O=CO. The molecule has 1 fully saturated rings. The van der Waals surface area contributed by atoms with Gasteiger partial charge in [0.05, 0.1) is 5.41 Å². The van der Waals surface area contributed by atoms with Crippen molar-refractivity contribution in [3.8, 4) is 0 Å². The Balaban J connectivity index is 0.000000755. The third kappa shape index (κ3) is 4.24. The Morgan fingerprint density at radius 2 is 1.86 bits per heavy atom. The quantitative estimate of drug-likeness (QED) is 0.714. The van der Waals surface area contributed by atoms with Gasteiger partial charge in [-0.2, -0.15) is 0 Å². The van der Waals surface area contributed by atoms with Gasteiger partial charge >= 0.3 is 0 Å². The molecule has 0 unspecified atom stereocenters. The maximum Gasteiger partial charge on any atom is 0.291 e. The van der Waals surface area contributed by atoms with Gasteiger partial charge in [0.15, 0.2) is 0 Å². The number of fused-ring (bicyclic) bond motifs is 1. The number of rotatable bonds is 4. The molecule has 2 aromatic rings. The van der Waals surface area contributed by atoms with Gasteiger partial charge in [-0.1, -0.05) is 23.7 Å². The van der Waals surface area contributed by atoms with E-state index in [2.05, 4.69) is 10.2 Å². The Hall–Kier alpha value is -2.94. The second-order valence-electron chi connectivity index (χ2n) is 7.26. The number of aromatic nitrogens is 3. The summed E-state index contributed by atoms with van der Waals surface area (Å²) in [6.45, 7) is 1.11. The molecule has 3 N–H and O–H groups in total. The Labute approximate surface area is 172 Å². The average molecular weight is 420 g/mol. The summed E-state index contributed by atoms with van der Waals surface area (Å²) >= 11 is 5.91. The monoisotopic (exact) mass is 419 g/mol. The smallest absolute Gasteiger partial charge is 0.291 e. The zero-order valence-electron chi connectivity index (χ0n) is 15.8. The number of benzene rings is 1. The number of carboxylic acid groups (broad SMARTS) is 1. The van der Waals surface area contributed by atoms with Crippen LogP contribution in [0.15, 0.2) is 24.3 Å². The van der Waals surface area contributed by atoms with E-state index in [4.69, 9.17) is 27.2 Å². The molecular weight excluding hydrogens is 398 g/mol. The Morgan fingerprint density at radius 1 is 1.21 bits per heavy atom. The predicted molar refractivity (Wildman–Crippen MR) is 104 cm³/mol. The van der Waals surface area contributed by atoms with Crippen LogP contribution in [0.4, 0.5) is 0 Å². The lowest BCUT2D eigenvalue weighted by atomic mass is 9.74. The summed E-state index contributed by atoms with van der Waals surface area (Å²) in [5.41, 5.74) is 5.90. The molecule has 0 bridgehead atoms. The fraction of sp³-hybridized carbons (Fsp3) is 0.421. The fourth-order valence-corrected chi connectivity index (χ4v) is 3.91. The lowest BCUT2D eigenvalue weighted by Gasteiger charge is -2.47. The minimum atomic E-state index is -0.742. The standard InChI is InChI=1S/C18H20ClN5O2.CH2O2/c19-13-6-4-12(5-7-13)9-18(17(20)26)10-23(11-18)16(25)15-22-21-14-3-1-2-8-24(14)15;2-1-3/h4-7H,1-3,8-11H2,(H2,20,26);1H,(H,2,3). The lowest BCUT2D eigenvalue weighted by molar-refractivity contribution is -0.135. The maximum atomic E-state index is 12.8. The van der Waals surface area contributed by atoms with Crippen LogP contribution in [0, 0.1) is 5.41 Å². The van der Waals surface area contributed by atoms with E-state index in [0.29, 0.717) is 30.4 Å². The molecule has 2 amide bonds. The molecule has 9 nitrogen and oxygen atoms in total. The number of amides is 2. The number of carbonyl (C=O) groups is 3. The summed E-state index contributed by atoms with van der Waals surface area (Å²) < 4.78 is 1.90. The maximum absolute atomic E-state index is 12.8. The van der Waals surface area contributed by atoms with E-state index < -0.39 is 5.41 Å². The third-order valence-electron chi connectivity index (χ3n) is 5.30. The Morgan fingerprint density at radius 3 is 2.48 bits per heavy atom. The average Bonchev–Trinajstić information content (AvgIpc) is 3.10. The number of likely N-dealkylation sites (tertiary alicyclic amines) is 1. The van der Waals surface area contributed by atoms with E-state index in [1.54, 1.807) is 17.0 Å². The van der Waals surface area contributed by atoms with Crippen molar-refractivity contribution in [3.05, 3.63) is 46.5 Å². The molecule has 1 aromatic heterocycles. The van der Waals surface area contributed by atoms with Crippen LogP contribution in [0.25, 0.3) is 0 Å². The van der Waals surface area contributed by atoms with Crippen molar-refractivity contribution in [1.82, 2.24) is 19.7 Å².